The molecule has 1 aliphatic rings. The van der Waals surface area contributed by atoms with E-state index in [1.54, 1.807) is 19.1 Å². The Morgan fingerprint density at radius 3 is 2.52 bits per heavy atom. The molecule has 1 aromatic carbocycles. The van der Waals surface area contributed by atoms with Gasteiger partial charge in [0, 0.05) is 25.0 Å². The third-order valence-electron chi connectivity index (χ3n) is 4.05. The molecule has 1 aromatic rings. The number of nitrogens with one attached hydrogen (secondary N) is 1. The molecule has 1 fully saturated rings. The molecule has 0 saturated heterocycles. The van der Waals surface area contributed by atoms with E-state index in [2.05, 4.69) is 4.72 Å². The number of sulfonamides is 1. The molecule has 0 spiro atoms. The van der Waals surface area contributed by atoms with Crippen molar-refractivity contribution in [3.63, 3.8) is 0 Å². The number of aryl methyl sites for hydroxylation is 2. The summed E-state index contributed by atoms with van der Waals surface area (Å²) in [5.74, 6) is 0.0196. The molecule has 2 rings (SSSR count). The second-order valence-electron chi connectivity index (χ2n) is 6.54. The third kappa shape index (κ3) is 4.54. The van der Waals surface area contributed by atoms with Gasteiger partial charge < -0.3 is 4.90 Å². The van der Waals surface area contributed by atoms with Gasteiger partial charge in [0.25, 0.3) is 0 Å². The van der Waals surface area contributed by atoms with Gasteiger partial charge in [-0.1, -0.05) is 12.1 Å². The van der Waals surface area contributed by atoms with E-state index in [0.29, 0.717) is 11.6 Å². The van der Waals surface area contributed by atoms with Gasteiger partial charge in [-0.3, -0.25) is 4.79 Å². The van der Waals surface area contributed by atoms with Crippen molar-refractivity contribution in [3.05, 3.63) is 29.3 Å². The molecule has 6 heteroatoms. The molecule has 0 radical (unpaired) electrons. The van der Waals surface area contributed by atoms with Crippen molar-refractivity contribution in [2.24, 2.45) is 0 Å². The maximum Gasteiger partial charge on any atom is 0.240 e. The molecule has 1 N–H and O–H groups in total. The van der Waals surface area contributed by atoms with E-state index in [9.17, 15) is 13.2 Å². The lowest BCUT2D eigenvalue weighted by Crippen LogP contribution is -2.40. The van der Waals surface area contributed by atoms with E-state index < -0.39 is 10.0 Å². The average molecular weight is 338 g/mol. The van der Waals surface area contributed by atoms with Crippen LogP contribution in [0.2, 0.25) is 0 Å². The van der Waals surface area contributed by atoms with Gasteiger partial charge in [0.2, 0.25) is 15.9 Å². The first kappa shape index (κ1) is 17.9. The van der Waals surface area contributed by atoms with Gasteiger partial charge in [-0.2, -0.15) is 0 Å². The Kier molecular flexibility index (Phi) is 5.47. The molecule has 0 atom stereocenters. The van der Waals surface area contributed by atoms with Crippen LogP contribution in [-0.2, 0) is 14.8 Å². The van der Waals surface area contributed by atoms with E-state index in [-0.39, 0.29) is 29.8 Å². The minimum absolute atomic E-state index is 0.0196. The highest BCUT2D eigenvalue weighted by molar-refractivity contribution is 7.89. The van der Waals surface area contributed by atoms with Crippen LogP contribution in [0.4, 0.5) is 0 Å². The van der Waals surface area contributed by atoms with Crippen LogP contribution < -0.4 is 4.72 Å². The first-order valence-corrected chi connectivity index (χ1v) is 9.59. The second-order valence-corrected chi connectivity index (χ2v) is 8.28. The summed E-state index contributed by atoms with van der Waals surface area (Å²) in [6.07, 6.45) is 2.30. The average Bonchev–Trinajstić information content (AvgIpc) is 3.25. The quantitative estimate of drug-likeness (QED) is 0.830. The first-order valence-electron chi connectivity index (χ1n) is 8.10. The monoisotopic (exact) mass is 338 g/mol. The SMILES string of the molecule is Cc1ccc(C)c(S(=O)(=O)NCCC(=O)N(C(C)C)C2CC2)c1. The van der Waals surface area contributed by atoms with Gasteiger partial charge in [-0.05, 0) is 57.7 Å². The Morgan fingerprint density at radius 1 is 1.30 bits per heavy atom. The van der Waals surface area contributed by atoms with Gasteiger partial charge in [-0.25, -0.2) is 13.1 Å². The number of carbonyl (C=O) groups excluding carboxylic acids is 1. The number of rotatable bonds is 7. The molecule has 1 amide bonds. The number of nitrogens with zero attached hydrogens (tertiary/aromatic N) is 1. The maximum atomic E-state index is 12.4. The first-order chi connectivity index (χ1) is 10.7. The zero-order valence-electron chi connectivity index (χ0n) is 14.3. The number of amides is 1. The Balaban J connectivity index is 1.97. The van der Waals surface area contributed by atoms with Crippen LogP contribution in [-0.4, -0.2) is 37.9 Å². The Labute approximate surface area is 139 Å². The minimum Gasteiger partial charge on any atom is -0.337 e. The maximum absolute atomic E-state index is 12.4. The number of benzene rings is 1. The summed E-state index contributed by atoms with van der Waals surface area (Å²) in [5, 5.41) is 0. The van der Waals surface area contributed by atoms with Crippen LogP contribution in [0.25, 0.3) is 0 Å². The van der Waals surface area contributed by atoms with Crippen molar-refractivity contribution in [1.82, 2.24) is 9.62 Å². The molecule has 0 unspecified atom stereocenters. The van der Waals surface area contributed by atoms with E-state index in [1.165, 1.54) is 0 Å². The van der Waals surface area contributed by atoms with Crippen LogP contribution in [0.1, 0.15) is 44.2 Å². The lowest BCUT2D eigenvalue weighted by molar-refractivity contribution is -0.133. The van der Waals surface area contributed by atoms with Gasteiger partial charge in [-0.15, -0.1) is 0 Å². The topological polar surface area (TPSA) is 66.5 Å². The van der Waals surface area contributed by atoms with Gasteiger partial charge >= 0.3 is 0 Å². The molecule has 0 bridgehead atoms. The number of hydrogen-bond donors (Lipinski definition) is 1. The molecule has 0 heterocycles. The van der Waals surface area contributed by atoms with Crippen molar-refractivity contribution in [3.8, 4) is 0 Å². The predicted molar refractivity (Wildman–Crippen MR) is 90.7 cm³/mol. The Morgan fingerprint density at radius 2 is 1.96 bits per heavy atom. The molecule has 0 aromatic heterocycles. The van der Waals surface area contributed by atoms with Crippen molar-refractivity contribution in [2.45, 2.75) is 63.9 Å². The molecule has 1 saturated carbocycles. The van der Waals surface area contributed by atoms with Crippen LogP contribution in [0.5, 0.6) is 0 Å². The van der Waals surface area contributed by atoms with Crippen molar-refractivity contribution in [1.29, 1.82) is 0 Å². The van der Waals surface area contributed by atoms with Crippen LogP contribution in [0.3, 0.4) is 0 Å². The largest absolute Gasteiger partial charge is 0.337 e. The van der Waals surface area contributed by atoms with E-state index in [0.717, 1.165) is 18.4 Å². The van der Waals surface area contributed by atoms with Crippen molar-refractivity contribution in [2.75, 3.05) is 6.54 Å². The highest BCUT2D eigenvalue weighted by Crippen LogP contribution is 2.29. The summed E-state index contributed by atoms with van der Waals surface area (Å²) in [4.78, 5) is 14.5. The lowest BCUT2D eigenvalue weighted by Gasteiger charge is -2.26. The fourth-order valence-electron chi connectivity index (χ4n) is 2.76. The molecule has 5 nitrogen and oxygen atoms in total. The Hall–Kier alpha value is -1.40. The molecule has 0 aliphatic heterocycles. The molecular formula is C17H26N2O3S. The predicted octanol–water partition coefficient (Wildman–Crippen LogP) is 2.37. The molecular weight excluding hydrogens is 312 g/mol. The molecule has 1 aliphatic carbocycles. The van der Waals surface area contributed by atoms with Crippen LogP contribution in [0.15, 0.2) is 23.1 Å². The fraction of sp³-hybridized carbons (Fsp3) is 0.588. The highest BCUT2D eigenvalue weighted by Gasteiger charge is 2.33. The van der Waals surface area contributed by atoms with Gasteiger partial charge in [0.15, 0.2) is 0 Å². The van der Waals surface area contributed by atoms with Crippen molar-refractivity contribution >= 4 is 15.9 Å². The van der Waals surface area contributed by atoms with Crippen molar-refractivity contribution < 1.29 is 13.2 Å². The highest BCUT2D eigenvalue weighted by atomic mass is 32.2. The second kappa shape index (κ2) is 7.01. The summed E-state index contributed by atoms with van der Waals surface area (Å²) < 4.78 is 27.4. The third-order valence-corrected chi connectivity index (χ3v) is 5.65. The standard InChI is InChI=1S/C17H26N2O3S/c1-12(2)19(15-7-8-15)17(20)9-10-18-23(21,22)16-11-13(3)5-6-14(16)4/h5-6,11-12,15,18H,7-10H2,1-4H3. The summed E-state index contributed by atoms with van der Waals surface area (Å²) in [6, 6.07) is 5.84. The van der Waals surface area contributed by atoms with Gasteiger partial charge in [0.05, 0.1) is 4.90 Å². The smallest absolute Gasteiger partial charge is 0.240 e. The summed E-state index contributed by atoms with van der Waals surface area (Å²) in [5.41, 5.74) is 1.60. The zero-order valence-corrected chi connectivity index (χ0v) is 15.1. The fourth-order valence-corrected chi connectivity index (χ4v) is 4.12. The lowest BCUT2D eigenvalue weighted by atomic mass is 10.2. The number of hydrogen-bond acceptors (Lipinski definition) is 3. The summed E-state index contributed by atoms with van der Waals surface area (Å²) in [6.45, 7) is 7.75. The number of carbonyl (C=O) groups is 1. The van der Waals surface area contributed by atoms with E-state index >= 15 is 0 Å². The Bertz CT molecular complexity index is 677. The molecule has 128 valence electrons. The summed E-state index contributed by atoms with van der Waals surface area (Å²) >= 11 is 0. The van der Waals surface area contributed by atoms with Crippen LogP contribution in [0, 0.1) is 13.8 Å². The van der Waals surface area contributed by atoms with Crippen LogP contribution >= 0.6 is 0 Å². The normalized spacial score (nSPS) is 15.0. The van der Waals surface area contributed by atoms with E-state index in [1.807, 2.05) is 31.7 Å². The van der Waals surface area contributed by atoms with E-state index in [4.69, 9.17) is 0 Å². The minimum atomic E-state index is -3.58. The molecule has 23 heavy (non-hydrogen) atoms. The van der Waals surface area contributed by atoms with Gasteiger partial charge in [0.1, 0.15) is 0 Å². The summed E-state index contributed by atoms with van der Waals surface area (Å²) in [7, 11) is -3.58. The zero-order chi connectivity index (χ0) is 17.2.